The van der Waals surface area contributed by atoms with E-state index in [2.05, 4.69) is 22.2 Å². The van der Waals surface area contributed by atoms with E-state index < -0.39 is 11.7 Å². The lowest BCUT2D eigenvalue weighted by Gasteiger charge is -2.37. The van der Waals surface area contributed by atoms with Gasteiger partial charge in [-0.15, -0.1) is 0 Å². The first-order valence-corrected chi connectivity index (χ1v) is 10.2. The van der Waals surface area contributed by atoms with Crippen LogP contribution < -0.4 is 5.32 Å². The summed E-state index contributed by atoms with van der Waals surface area (Å²) in [6.45, 7) is 9.66. The summed E-state index contributed by atoms with van der Waals surface area (Å²) in [6, 6.07) is 8.23. The molecule has 1 N–H and O–H groups in total. The fraction of sp³-hybridized carbons (Fsp3) is 0.636. The largest absolute Gasteiger partial charge is 0.453 e. The van der Waals surface area contributed by atoms with Gasteiger partial charge in [-0.3, -0.25) is 0 Å². The summed E-state index contributed by atoms with van der Waals surface area (Å²) >= 11 is 0. The van der Waals surface area contributed by atoms with Crippen molar-refractivity contribution in [2.45, 2.75) is 52.2 Å². The van der Waals surface area contributed by atoms with Crippen molar-refractivity contribution >= 4 is 12.2 Å². The molecule has 2 rings (SSSR count). The van der Waals surface area contributed by atoms with Crippen molar-refractivity contribution in [1.82, 2.24) is 10.2 Å². The molecule has 0 aliphatic carbocycles. The van der Waals surface area contributed by atoms with Crippen LogP contribution in [0.3, 0.4) is 0 Å². The minimum Gasteiger partial charge on any atom is -0.453 e. The van der Waals surface area contributed by atoms with Gasteiger partial charge in [0, 0.05) is 25.6 Å². The van der Waals surface area contributed by atoms with E-state index in [0.717, 1.165) is 24.0 Å². The number of aryl methyl sites for hydroxylation is 1. The number of hydrogen-bond acceptors (Lipinski definition) is 5. The second kappa shape index (κ2) is 10.5. The second-order valence-corrected chi connectivity index (χ2v) is 8.45. The normalized spacial score (nSPS) is 18.1. The molecule has 0 aromatic heterocycles. The average molecular weight is 407 g/mol. The number of benzene rings is 1. The van der Waals surface area contributed by atoms with Crippen LogP contribution in [0.2, 0.25) is 0 Å². The first-order chi connectivity index (χ1) is 13.7. The first kappa shape index (κ1) is 23.0. The lowest BCUT2D eigenvalue weighted by molar-refractivity contribution is -0.0246. The molecule has 0 bridgehead atoms. The van der Waals surface area contributed by atoms with E-state index in [0.29, 0.717) is 26.2 Å². The van der Waals surface area contributed by atoms with E-state index in [1.807, 2.05) is 39.8 Å². The summed E-state index contributed by atoms with van der Waals surface area (Å²) in [5, 5.41) is 2.64. The molecule has 0 spiro atoms. The number of likely N-dealkylation sites (tertiary alicyclic amines) is 1. The highest BCUT2D eigenvalue weighted by molar-refractivity contribution is 5.68. The van der Waals surface area contributed by atoms with E-state index in [4.69, 9.17) is 9.47 Å². The predicted molar refractivity (Wildman–Crippen MR) is 111 cm³/mol. The zero-order valence-electron chi connectivity index (χ0n) is 18.2. The van der Waals surface area contributed by atoms with Crippen molar-refractivity contribution in [2.75, 3.05) is 33.4 Å². The van der Waals surface area contributed by atoms with Crippen LogP contribution in [0.25, 0.3) is 0 Å². The van der Waals surface area contributed by atoms with Gasteiger partial charge in [-0.25, -0.2) is 9.59 Å². The summed E-state index contributed by atoms with van der Waals surface area (Å²) in [6.07, 6.45) is 0.935. The highest BCUT2D eigenvalue weighted by atomic mass is 16.6. The predicted octanol–water partition coefficient (Wildman–Crippen LogP) is 4.06. The molecule has 1 fully saturated rings. The van der Waals surface area contributed by atoms with Crippen LogP contribution in [-0.4, -0.2) is 56.0 Å². The number of ether oxygens (including phenoxy) is 3. The maximum atomic E-state index is 12.5. The lowest BCUT2D eigenvalue weighted by atomic mass is 9.88. The van der Waals surface area contributed by atoms with Gasteiger partial charge in [0.2, 0.25) is 0 Å². The molecule has 0 radical (unpaired) electrons. The Hall–Kier alpha value is -2.28. The molecule has 2 atom stereocenters. The Balaban J connectivity index is 2.08. The van der Waals surface area contributed by atoms with Crippen molar-refractivity contribution in [1.29, 1.82) is 0 Å². The van der Waals surface area contributed by atoms with Gasteiger partial charge in [0.15, 0.2) is 0 Å². The molecule has 1 aromatic carbocycles. The van der Waals surface area contributed by atoms with Gasteiger partial charge < -0.3 is 24.4 Å². The fourth-order valence-electron chi connectivity index (χ4n) is 3.51. The van der Waals surface area contributed by atoms with Crippen LogP contribution in [-0.2, 0) is 14.2 Å². The molecule has 7 heteroatoms. The van der Waals surface area contributed by atoms with Crippen LogP contribution in [0.1, 0.15) is 50.8 Å². The fourth-order valence-corrected chi connectivity index (χ4v) is 3.51. The van der Waals surface area contributed by atoms with Gasteiger partial charge in [0.1, 0.15) is 5.60 Å². The number of nitrogens with zero attached hydrogens (tertiary/aromatic N) is 1. The van der Waals surface area contributed by atoms with E-state index in [1.165, 1.54) is 7.11 Å². The minimum absolute atomic E-state index is 0.149. The maximum absolute atomic E-state index is 12.5. The van der Waals surface area contributed by atoms with Crippen LogP contribution >= 0.6 is 0 Å². The van der Waals surface area contributed by atoms with E-state index in [1.54, 1.807) is 4.90 Å². The number of methoxy groups -OCH3 is 1. The molecule has 1 aromatic rings. The molecular formula is C22H34N2O5. The number of nitrogens with one attached hydrogen (secondary N) is 1. The quantitative estimate of drug-likeness (QED) is 0.721. The number of carbonyl (C=O) groups excluding carboxylic acids is 2. The molecule has 0 saturated carbocycles. The van der Waals surface area contributed by atoms with E-state index in [-0.39, 0.29) is 18.1 Å². The van der Waals surface area contributed by atoms with Crippen LogP contribution in [0.15, 0.2) is 24.3 Å². The number of piperidine rings is 1. The number of amides is 2. The van der Waals surface area contributed by atoms with Crippen LogP contribution in [0.4, 0.5) is 9.59 Å². The van der Waals surface area contributed by atoms with Crippen molar-refractivity contribution < 1.29 is 23.8 Å². The molecule has 1 heterocycles. The number of carbonyl (C=O) groups is 2. The first-order valence-electron chi connectivity index (χ1n) is 10.2. The highest BCUT2D eigenvalue weighted by Crippen LogP contribution is 2.33. The topological polar surface area (TPSA) is 77.1 Å². The van der Waals surface area contributed by atoms with Gasteiger partial charge in [0.25, 0.3) is 0 Å². The zero-order valence-corrected chi connectivity index (χ0v) is 18.2. The Bertz CT molecular complexity index is 686. The molecule has 29 heavy (non-hydrogen) atoms. The van der Waals surface area contributed by atoms with Crippen molar-refractivity contribution in [3.63, 3.8) is 0 Å². The molecule has 1 unspecified atom stereocenters. The van der Waals surface area contributed by atoms with E-state index in [9.17, 15) is 9.59 Å². The average Bonchev–Trinajstić information content (AvgIpc) is 2.66. The molecular weight excluding hydrogens is 372 g/mol. The van der Waals surface area contributed by atoms with Gasteiger partial charge >= 0.3 is 12.2 Å². The minimum atomic E-state index is -0.518. The van der Waals surface area contributed by atoms with Crippen molar-refractivity contribution in [3.05, 3.63) is 35.4 Å². The van der Waals surface area contributed by atoms with Gasteiger partial charge in [-0.2, -0.15) is 0 Å². The molecule has 2 amide bonds. The van der Waals surface area contributed by atoms with E-state index >= 15 is 0 Å². The molecule has 1 aliphatic heterocycles. The van der Waals surface area contributed by atoms with Crippen LogP contribution in [0, 0.1) is 12.8 Å². The highest BCUT2D eigenvalue weighted by Gasteiger charge is 2.33. The third-order valence-corrected chi connectivity index (χ3v) is 4.76. The summed E-state index contributed by atoms with van der Waals surface area (Å²) < 4.78 is 16.3. The summed E-state index contributed by atoms with van der Waals surface area (Å²) in [5.74, 6) is 0.149. The number of hydrogen-bond donors (Lipinski definition) is 1. The van der Waals surface area contributed by atoms with Crippen molar-refractivity contribution in [3.8, 4) is 0 Å². The zero-order chi connectivity index (χ0) is 21.4. The molecule has 162 valence electrons. The van der Waals surface area contributed by atoms with Gasteiger partial charge in [-0.1, -0.05) is 29.8 Å². The van der Waals surface area contributed by atoms with Crippen molar-refractivity contribution in [2.24, 2.45) is 5.92 Å². The standard InChI is InChI=1S/C22H34N2O5/c1-16-8-6-9-17(14-16)19(28-13-11-23-20(25)27-5)18-10-7-12-24(15-18)21(26)29-22(2,3)4/h6,8-9,14,18-19H,7,10-13,15H2,1-5H3,(H,23,25)/t18?,19-/m0/s1. The Morgan fingerprint density at radius 3 is 2.72 bits per heavy atom. The maximum Gasteiger partial charge on any atom is 0.410 e. The summed E-state index contributed by atoms with van der Waals surface area (Å²) in [7, 11) is 1.33. The summed E-state index contributed by atoms with van der Waals surface area (Å²) in [4.78, 5) is 25.6. The molecule has 7 nitrogen and oxygen atoms in total. The van der Waals surface area contributed by atoms with Gasteiger partial charge in [0.05, 0.1) is 19.8 Å². The van der Waals surface area contributed by atoms with Gasteiger partial charge in [-0.05, 0) is 46.1 Å². The molecule has 1 aliphatic rings. The Morgan fingerprint density at radius 2 is 2.07 bits per heavy atom. The Morgan fingerprint density at radius 1 is 1.31 bits per heavy atom. The molecule has 1 saturated heterocycles. The summed E-state index contributed by atoms with van der Waals surface area (Å²) in [5.41, 5.74) is 1.72. The smallest absolute Gasteiger partial charge is 0.410 e. The number of alkyl carbamates (subject to hydrolysis) is 1. The lowest BCUT2D eigenvalue weighted by Crippen LogP contribution is -2.44. The third kappa shape index (κ3) is 7.57. The monoisotopic (exact) mass is 406 g/mol. The number of rotatable bonds is 6. The Labute approximate surface area is 173 Å². The second-order valence-electron chi connectivity index (χ2n) is 8.45. The SMILES string of the molecule is COC(=O)NCCO[C@@H](c1cccc(C)c1)C1CCCN(C(=O)OC(C)(C)C)C1. The van der Waals surface area contributed by atoms with Crippen LogP contribution in [0.5, 0.6) is 0 Å². The Kier molecular flexibility index (Phi) is 8.32. The third-order valence-electron chi connectivity index (χ3n) is 4.76.